The molecule has 0 radical (unpaired) electrons. The highest BCUT2D eigenvalue weighted by molar-refractivity contribution is 4.96. The summed E-state index contributed by atoms with van der Waals surface area (Å²) in [4.78, 5) is 2.53. The van der Waals surface area contributed by atoms with Gasteiger partial charge in [-0.25, -0.2) is 0 Å². The first kappa shape index (κ1) is 15.9. The number of hydrogen-bond donors (Lipinski definition) is 2. The van der Waals surface area contributed by atoms with E-state index >= 15 is 0 Å². The summed E-state index contributed by atoms with van der Waals surface area (Å²) >= 11 is 0. The first-order valence-electron chi connectivity index (χ1n) is 7.66. The van der Waals surface area contributed by atoms with Gasteiger partial charge >= 0.3 is 0 Å². The molecule has 1 aliphatic carbocycles. The lowest BCUT2D eigenvalue weighted by Gasteiger charge is -2.45. The fourth-order valence-corrected chi connectivity index (χ4v) is 3.40. The van der Waals surface area contributed by atoms with Crippen LogP contribution in [-0.4, -0.2) is 47.8 Å². The van der Waals surface area contributed by atoms with Crippen LogP contribution in [0.15, 0.2) is 0 Å². The summed E-state index contributed by atoms with van der Waals surface area (Å²) < 4.78 is 0. The van der Waals surface area contributed by atoms with E-state index in [1.54, 1.807) is 0 Å². The fraction of sp³-hybridized carbons (Fsp3) is 1.00. The molecule has 108 valence electrons. The molecule has 0 aromatic heterocycles. The minimum absolute atomic E-state index is 0.0299. The second-order valence-corrected chi connectivity index (χ2v) is 6.02. The topological polar surface area (TPSA) is 35.5 Å². The van der Waals surface area contributed by atoms with Gasteiger partial charge in [0.15, 0.2) is 0 Å². The molecule has 0 aromatic carbocycles. The van der Waals surface area contributed by atoms with Crippen molar-refractivity contribution in [3.05, 3.63) is 0 Å². The van der Waals surface area contributed by atoms with Crippen LogP contribution in [0, 0.1) is 0 Å². The Morgan fingerprint density at radius 2 is 2.17 bits per heavy atom. The van der Waals surface area contributed by atoms with Gasteiger partial charge in [-0.2, -0.15) is 0 Å². The SMILES string of the molecule is CCCC(C)N(C)C1CCCC(CO)(NCC)C1. The summed E-state index contributed by atoms with van der Waals surface area (Å²) in [7, 11) is 2.25. The van der Waals surface area contributed by atoms with Crippen molar-refractivity contribution in [2.45, 2.75) is 76.9 Å². The van der Waals surface area contributed by atoms with Gasteiger partial charge in [-0.05, 0) is 52.6 Å². The summed E-state index contributed by atoms with van der Waals surface area (Å²) in [5, 5.41) is 13.3. The second kappa shape index (κ2) is 7.46. The molecule has 3 heteroatoms. The van der Waals surface area contributed by atoms with E-state index in [0.29, 0.717) is 12.1 Å². The minimum atomic E-state index is -0.0299. The van der Waals surface area contributed by atoms with Gasteiger partial charge in [0.1, 0.15) is 0 Å². The Bertz CT molecular complexity index is 231. The molecule has 2 N–H and O–H groups in total. The molecule has 3 nitrogen and oxygen atoms in total. The molecular weight excluding hydrogens is 224 g/mol. The summed E-state index contributed by atoms with van der Waals surface area (Å²) in [5.41, 5.74) is -0.0299. The molecule has 0 saturated heterocycles. The first-order chi connectivity index (χ1) is 8.58. The third-order valence-electron chi connectivity index (χ3n) is 4.65. The van der Waals surface area contributed by atoms with Gasteiger partial charge in [0, 0.05) is 17.6 Å². The predicted octanol–water partition coefficient (Wildman–Crippen LogP) is 2.39. The molecule has 0 amide bonds. The quantitative estimate of drug-likeness (QED) is 0.734. The minimum Gasteiger partial charge on any atom is -0.394 e. The van der Waals surface area contributed by atoms with Crippen molar-refractivity contribution in [2.24, 2.45) is 0 Å². The zero-order valence-electron chi connectivity index (χ0n) is 12.7. The molecule has 0 aliphatic heterocycles. The smallest absolute Gasteiger partial charge is 0.0613 e. The van der Waals surface area contributed by atoms with Crippen LogP contribution in [0.1, 0.15) is 59.3 Å². The van der Waals surface area contributed by atoms with E-state index in [1.165, 1.54) is 25.7 Å². The van der Waals surface area contributed by atoms with Crippen LogP contribution < -0.4 is 5.32 Å². The van der Waals surface area contributed by atoms with Crippen LogP contribution in [0.25, 0.3) is 0 Å². The molecule has 0 aromatic rings. The average Bonchev–Trinajstić information content (AvgIpc) is 2.38. The highest BCUT2D eigenvalue weighted by atomic mass is 16.3. The Morgan fingerprint density at radius 3 is 2.72 bits per heavy atom. The molecule has 1 fully saturated rings. The summed E-state index contributed by atoms with van der Waals surface area (Å²) in [5.74, 6) is 0. The lowest BCUT2D eigenvalue weighted by molar-refractivity contribution is 0.0548. The van der Waals surface area contributed by atoms with Crippen molar-refractivity contribution in [1.82, 2.24) is 10.2 Å². The maximum atomic E-state index is 9.73. The van der Waals surface area contributed by atoms with Crippen molar-refractivity contribution < 1.29 is 5.11 Å². The Morgan fingerprint density at radius 1 is 1.44 bits per heavy atom. The third-order valence-corrected chi connectivity index (χ3v) is 4.65. The van der Waals surface area contributed by atoms with Crippen molar-refractivity contribution in [2.75, 3.05) is 20.2 Å². The van der Waals surface area contributed by atoms with Crippen LogP contribution in [0.3, 0.4) is 0 Å². The molecule has 18 heavy (non-hydrogen) atoms. The van der Waals surface area contributed by atoms with E-state index in [9.17, 15) is 5.11 Å². The normalized spacial score (nSPS) is 30.7. The van der Waals surface area contributed by atoms with E-state index < -0.39 is 0 Å². The van der Waals surface area contributed by atoms with Crippen LogP contribution in [0.5, 0.6) is 0 Å². The van der Waals surface area contributed by atoms with Gasteiger partial charge in [0.25, 0.3) is 0 Å². The number of nitrogens with one attached hydrogen (secondary N) is 1. The largest absolute Gasteiger partial charge is 0.394 e. The number of aliphatic hydroxyl groups is 1. The summed E-state index contributed by atoms with van der Waals surface area (Å²) in [6.07, 6.45) is 7.21. The summed E-state index contributed by atoms with van der Waals surface area (Å²) in [6, 6.07) is 1.27. The molecule has 1 rings (SSSR count). The Labute approximate surface area is 113 Å². The summed E-state index contributed by atoms with van der Waals surface area (Å²) in [6.45, 7) is 7.92. The maximum absolute atomic E-state index is 9.73. The standard InChI is InChI=1S/C15H32N2O/c1-5-8-13(3)17(4)14-9-7-10-15(11-14,12-18)16-6-2/h13-14,16,18H,5-12H2,1-4H3. The van der Waals surface area contributed by atoms with Gasteiger partial charge in [0.05, 0.1) is 6.61 Å². The lowest BCUT2D eigenvalue weighted by Crippen LogP contribution is -2.56. The highest BCUT2D eigenvalue weighted by Gasteiger charge is 2.37. The van der Waals surface area contributed by atoms with Gasteiger partial charge in [-0.3, -0.25) is 0 Å². The molecule has 1 aliphatic rings. The van der Waals surface area contributed by atoms with Crippen molar-refractivity contribution in [3.8, 4) is 0 Å². The number of likely N-dealkylation sites (N-methyl/N-ethyl adjacent to an activating group) is 1. The van der Waals surface area contributed by atoms with E-state index in [0.717, 1.165) is 19.4 Å². The van der Waals surface area contributed by atoms with Crippen LogP contribution in [-0.2, 0) is 0 Å². The fourth-order valence-electron chi connectivity index (χ4n) is 3.40. The molecule has 0 heterocycles. The number of hydrogen-bond acceptors (Lipinski definition) is 3. The maximum Gasteiger partial charge on any atom is 0.0613 e. The third kappa shape index (κ3) is 3.94. The Hall–Kier alpha value is -0.120. The Balaban J connectivity index is 2.61. The predicted molar refractivity (Wildman–Crippen MR) is 77.9 cm³/mol. The lowest BCUT2D eigenvalue weighted by atomic mass is 9.78. The van der Waals surface area contributed by atoms with E-state index in [-0.39, 0.29) is 12.1 Å². The number of nitrogens with zero attached hydrogens (tertiary/aromatic N) is 1. The zero-order valence-corrected chi connectivity index (χ0v) is 12.7. The number of aliphatic hydroxyl groups excluding tert-OH is 1. The zero-order chi connectivity index (χ0) is 13.6. The van der Waals surface area contributed by atoms with Crippen molar-refractivity contribution in [3.63, 3.8) is 0 Å². The van der Waals surface area contributed by atoms with Crippen molar-refractivity contribution >= 4 is 0 Å². The number of rotatable bonds is 7. The second-order valence-electron chi connectivity index (χ2n) is 6.02. The molecule has 0 bridgehead atoms. The van der Waals surface area contributed by atoms with Gasteiger partial charge in [0.2, 0.25) is 0 Å². The average molecular weight is 256 g/mol. The molecule has 3 atom stereocenters. The molecule has 3 unspecified atom stereocenters. The van der Waals surface area contributed by atoms with Gasteiger partial charge in [-0.1, -0.05) is 20.3 Å². The van der Waals surface area contributed by atoms with E-state index in [4.69, 9.17) is 0 Å². The molecule has 0 spiro atoms. The van der Waals surface area contributed by atoms with Crippen LogP contribution in [0.2, 0.25) is 0 Å². The molecular formula is C15H32N2O. The first-order valence-corrected chi connectivity index (χ1v) is 7.66. The van der Waals surface area contributed by atoms with E-state index in [2.05, 4.69) is 38.0 Å². The van der Waals surface area contributed by atoms with Crippen LogP contribution >= 0.6 is 0 Å². The Kier molecular flexibility index (Phi) is 6.61. The van der Waals surface area contributed by atoms with Gasteiger partial charge < -0.3 is 15.3 Å². The van der Waals surface area contributed by atoms with Crippen molar-refractivity contribution in [1.29, 1.82) is 0 Å². The van der Waals surface area contributed by atoms with E-state index in [1.807, 2.05) is 0 Å². The highest BCUT2D eigenvalue weighted by Crippen LogP contribution is 2.31. The molecule has 1 saturated carbocycles. The monoisotopic (exact) mass is 256 g/mol. The van der Waals surface area contributed by atoms with Gasteiger partial charge in [-0.15, -0.1) is 0 Å². The van der Waals surface area contributed by atoms with Crippen LogP contribution in [0.4, 0.5) is 0 Å².